The Kier molecular flexibility index (Phi) is 6.42. The third-order valence-electron chi connectivity index (χ3n) is 4.89. The fourth-order valence-corrected chi connectivity index (χ4v) is 4.63. The van der Waals surface area contributed by atoms with Crippen molar-refractivity contribution in [2.45, 2.75) is 32.2 Å². The van der Waals surface area contributed by atoms with Crippen molar-refractivity contribution < 1.29 is 13.2 Å². The van der Waals surface area contributed by atoms with Gasteiger partial charge in [-0.1, -0.05) is 12.1 Å². The van der Waals surface area contributed by atoms with Crippen LogP contribution in [0.15, 0.2) is 50.9 Å². The Bertz CT molecular complexity index is 1370. The maximum absolute atomic E-state index is 12.5. The molecular weight excluding hydrogens is 420 g/mol. The maximum atomic E-state index is 12.5. The van der Waals surface area contributed by atoms with Gasteiger partial charge in [0.2, 0.25) is 10.0 Å². The normalized spacial score (nSPS) is 11.6. The molecule has 3 N–H and O–H groups in total. The van der Waals surface area contributed by atoms with Gasteiger partial charge in [0.15, 0.2) is 0 Å². The summed E-state index contributed by atoms with van der Waals surface area (Å²) in [6.45, 7) is 5.70. The minimum absolute atomic E-state index is 0.0151. The van der Waals surface area contributed by atoms with Gasteiger partial charge >= 0.3 is 11.1 Å². The van der Waals surface area contributed by atoms with Gasteiger partial charge in [-0.25, -0.2) is 13.1 Å². The second-order valence-electron chi connectivity index (χ2n) is 7.16. The Hall–Kier alpha value is -3.24. The van der Waals surface area contributed by atoms with Crippen LogP contribution in [0.3, 0.4) is 0 Å². The highest BCUT2D eigenvalue weighted by Crippen LogP contribution is 2.16. The van der Waals surface area contributed by atoms with E-state index in [1.54, 1.807) is 38.1 Å². The van der Waals surface area contributed by atoms with Crippen LogP contribution >= 0.6 is 0 Å². The molecule has 0 radical (unpaired) electrons. The topological polar surface area (TPSA) is 130 Å². The van der Waals surface area contributed by atoms with Crippen LogP contribution in [0, 0.1) is 13.8 Å². The van der Waals surface area contributed by atoms with Crippen LogP contribution in [-0.2, 0) is 16.6 Å². The summed E-state index contributed by atoms with van der Waals surface area (Å²) in [6.07, 6.45) is 0. The summed E-state index contributed by atoms with van der Waals surface area (Å²) in [5, 5.41) is 2.64. The number of nitrogens with zero attached hydrogens (tertiary/aromatic N) is 1. The van der Waals surface area contributed by atoms with E-state index in [2.05, 4.69) is 15.0 Å². The van der Waals surface area contributed by atoms with Crippen LogP contribution < -0.4 is 21.2 Å². The predicted octanol–water partition coefficient (Wildman–Crippen LogP) is 1.03. The first kappa shape index (κ1) is 22.4. The van der Waals surface area contributed by atoms with E-state index < -0.39 is 27.0 Å². The number of rotatable bonds is 7. The highest BCUT2D eigenvalue weighted by molar-refractivity contribution is 7.89. The predicted molar refractivity (Wildman–Crippen MR) is 118 cm³/mol. The number of H-pyrrole nitrogens is 1. The van der Waals surface area contributed by atoms with Crippen molar-refractivity contribution in [1.29, 1.82) is 0 Å². The Morgan fingerprint density at radius 2 is 1.81 bits per heavy atom. The van der Waals surface area contributed by atoms with Gasteiger partial charge in [0.1, 0.15) is 0 Å². The monoisotopic (exact) mass is 444 g/mol. The number of carbonyl (C=O) groups excluding carboxylic acids is 1. The molecule has 1 heterocycles. The van der Waals surface area contributed by atoms with E-state index in [0.717, 1.165) is 5.56 Å². The molecule has 10 heteroatoms. The van der Waals surface area contributed by atoms with Crippen LogP contribution in [0.5, 0.6) is 0 Å². The number of benzene rings is 2. The average molecular weight is 445 g/mol. The average Bonchev–Trinajstić information content (AvgIpc) is 2.73. The Labute approximate surface area is 179 Å². The molecular formula is C21H24N4O5S. The zero-order chi connectivity index (χ0) is 22.8. The molecule has 9 nitrogen and oxygen atoms in total. The van der Waals surface area contributed by atoms with E-state index >= 15 is 0 Å². The zero-order valence-electron chi connectivity index (χ0n) is 17.5. The van der Waals surface area contributed by atoms with Gasteiger partial charge in [-0.2, -0.15) is 0 Å². The Morgan fingerprint density at radius 1 is 1.06 bits per heavy atom. The number of aryl methyl sites for hydroxylation is 3. The van der Waals surface area contributed by atoms with Gasteiger partial charge in [0.05, 0.1) is 15.9 Å². The standard InChI is InChI=1S/C21H24N4O5S/c1-4-25-17-8-7-15(12-16(17)24-20(27)21(25)28)19(26)22-9-10-23-31(29,30)18-11-13(2)5-6-14(18)3/h5-8,11-12,23H,4,9-10H2,1-3H3,(H,22,26)(H,24,27). The minimum Gasteiger partial charge on any atom is -0.351 e. The van der Waals surface area contributed by atoms with E-state index in [-0.39, 0.29) is 23.5 Å². The lowest BCUT2D eigenvalue weighted by atomic mass is 10.1. The fraction of sp³-hybridized carbons (Fsp3) is 0.286. The van der Waals surface area contributed by atoms with E-state index in [1.807, 2.05) is 13.0 Å². The Morgan fingerprint density at radius 3 is 2.52 bits per heavy atom. The van der Waals surface area contributed by atoms with Crippen molar-refractivity contribution in [3.63, 3.8) is 0 Å². The number of fused-ring (bicyclic) bond motifs is 1. The third kappa shape index (κ3) is 4.75. The molecule has 0 fully saturated rings. The summed E-state index contributed by atoms with van der Waals surface area (Å²) in [5.41, 5.74) is 1.23. The van der Waals surface area contributed by atoms with Crippen molar-refractivity contribution in [2.75, 3.05) is 13.1 Å². The van der Waals surface area contributed by atoms with Crippen molar-refractivity contribution >= 4 is 27.0 Å². The van der Waals surface area contributed by atoms with Gasteiger partial charge in [-0.05, 0) is 56.2 Å². The molecule has 0 saturated heterocycles. The number of hydrogen-bond acceptors (Lipinski definition) is 5. The molecule has 0 atom stereocenters. The van der Waals surface area contributed by atoms with Gasteiger partial charge in [0, 0.05) is 25.2 Å². The summed E-state index contributed by atoms with van der Waals surface area (Å²) < 4.78 is 28.8. The molecule has 0 unspecified atom stereocenters. The quantitative estimate of drug-likeness (QED) is 0.370. The lowest BCUT2D eigenvalue weighted by Crippen LogP contribution is -2.36. The molecule has 3 aromatic rings. The number of amides is 1. The zero-order valence-corrected chi connectivity index (χ0v) is 18.3. The number of hydrogen-bond donors (Lipinski definition) is 3. The minimum atomic E-state index is -3.69. The molecule has 164 valence electrons. The summed E-state index contributed by atoms with van der Waals surface area (Å²) in [6, 6.07) is 9.80. The first-order valence-electron chi connectivity index (χ1n) is 9.76. The summed E-state index contributed by atoms with van der Waals surface area (Å²) in [4.78, 5) is 38.8. The lowest BCUT2D eigenvalue weighted by molar-refractivity contribution is 0.0954. The molecule has 2 aromatic carbocycles. The maximum Gasteiger partial charge on any atom is 0.316 e. The van der Waals surface area contributed by atoms with E-state index in [1.165, 1.54) is 10.6 Å². The molecule has 0 saturated carbocycles. The number of aromatic nitrogens is 2. The van der Waals surface area contributed by atoms with E-state index in [9.17, 15) is 22.8 Å². The third-order valence-corrected chi connectivity index (χ3v) is 6.49. The molecule has 1 amide bonds. The van der Waals surface area contributed by atoms with Crippen molar-refractivity contribution in [2.24, 2.45) is 0 Å². The van der Waals surface area contributed by atoms with Crippen LogP contribution in [-0.4, -0.2) is 37.0 Å². The number of sulfonamides is 1. The highest BCUT2D eigenvalue weighted by atomic mass is 32.2. The smallest absolute Gasteiger partial charge is 0.316 e. The molecule has 0 aliphatic carbocycles. The van der Waals surface area contributed by atoms with Gasteiger partial charge in [-0.3, -0.25) is 14.4 Å². The molecule has 0 aliphatic rings. The molecule has 31 heavy (non-hydrogen) atoms. The number of nitrogens with one attached hydrogen (secondary N) is 3. The van der Waals surface area contributed by atoms with Crippen LogP contribution in [0.1, 0.15) is 28.4 Å². The highest BCUT2D eigenvalue weighted by Gasteiger charge is 2.17. The summed E-state index contributed by atoms with van der Waals surface area (Å²) in [7, 11) is -3.69. The molecule has 1 aromatic heterocycles. The van der Waals surface area contributed by atoms with E-state index in [4.69, 9.17) is 0 Å². The lowest BCUT2D eigenvalue weighted by Gasteiger charge is -2.11. The second-order valence-corrected chi connectivity index (χ2v) is 8.89. The fourth-order valence-electron chi connectivity index (χ4n) is 3.27. The Balaban J connectivity index is 1.68. The first-order chi connectivity index (χ1) is 14.6. The van der Waals surface area contributed by atoms with Crippen LogP contribution in [0.4, 0.5) is 0 Å². The molecule has 0 bridgehead atoms. The van der Waals surface area contributed by atoms with Gasteiger partial charge in [0.25, 0.3) is 5.91 Å². The first-order valence-corrected chi connectivity index (χ1v) is 11.2. The van der Waals surface area contributed by atoms with Crippen molar-refractivity contribution in [3.05, 3.63) is 73.8 Å². The van der Waals surface area contributed by atoms with Crippen molar-refractivity contribution in [1.82, 2.24) is 19.6 Å². The van der Waals surface area contributed by atoms with E-state index in [0.29, 0.717) is 23.1 Å². The molecule has 0 aliphatic heterocycles. The van der Waals surface area contributed by atoms with Crippen LogP contribution in [0.25, 0.3) is 11.0 Å². The number of carbonyl (C=O) groups is 1. The van der Waals surface area contributed by atoms with Gasteiger partial charge in [-0.15, -0.1) is 0 Å². The SMILES string of the molecule is CCn1c(=O)c(=O)[nH]c2cc(C(=O)NCCNS(=O)(=O)c3cc(C)ccc3C)ccc21. The summed E-state index contributed by atoms with van der Waals surface area (Å²) in [5.74, 6) is -0.428. The summed E-state index contributed by atoms with van der Waals surface area (Å²) >= 11 is 0. The molecule has 3 rings (SSSR count). The second kappa shape index (κ2) is 8.86. The molecule has 0 spiro atoms. The largest absolute Gasteiger partial charge is 0.351 e. The number of aromatic amines is 1. The van der Waals surface area contributed by atoms with Crippen LogP contribution in [0.2, 0.25) is 0 Å². The van der Waals surface area contributed by atoms with Gasteiger partial charge < -0.3 is 14.9 Å². The van der Waals surface area contributed by atoms with Crippen molar-refractivity contribution in [3.8, 4) is 0 Å².